The van der Waals surface area contributed by atoms with Gasteiger partial charge in [-0.2, -0.15) is 0 Å². The van der Waals surface area contributed by atoms with E-state index in [1.54, 1.807) is 4.57 Å². The number of H-pyrrole nitrogens is 1. The fourth-order valence-corrected chi connectivity index (χ4v) is 2.39. The molecule has 0 unspecified atom stereocenters. The number of halogens is 2. The van der Waals surface area contributed by atoms with Gasteiger partial charge < -0.3 is 9.55 Å². The Morgan fingerprint density at radius 3 is 2.72 bits per heavy atom. The lowest BCUT2D eigenvalue weighted by molar-refractivity contribution is 0.580. The molecule has 1 aromatic heterocycles. The lowest BCUT2D eigenvalue weighted by Gasteiger charge is -2.04. The highest BCUT2D eigenvalue weighted by Crippen LogP contribution is 2.20. The Morgan fingerprint density at radius 2 is 2.00 bits per heavy atom. The number of fused-ring (bicyclic) bond motifs is 1. The van der Waals surface area contributed by atoms with Crippen molar-refractivity contribution in [3.8, 4) is 0 Å². The first kappa shape index (κ1) is 13.2. The number of unbranched alkanes of at least 4 members (excludes halogenated alkanes) is 3. The smallest absolute Gasteiger partial charge is 0.178 e. The number of rotatable bonds is 5. The average Bonchev–Trinajstić information content (AvgIpc) is 2.62. The highest BCUT2D eigenvalue weighted by Gasteiger charge is 2.10. The number of nitrogens with zero attached hydrogens (tertiary/aromatic N) is 1. The molecule has 1 heterocycles. The fraction of sp³-hybridized carbons (Fsp3) is 0.462. The Kier molecular flexibility index (Phi) is 4.11. The first-order chi connectivity index (χ1) is 8.63. The zero-order chi connectivity index (χ0) is 13.1. The molecule has 98 valence electrons. The van der Waals surface area contributed by atoms with E-state index in [2.05, 4.69) is 11.9 Å². The molecule has 0 aliphatic heterocycles. The second kappa shape index (κ2) is 5.61. The standard InChI is InChI=1S/C13H16F2N2S/c1-2-3-4-5-6-17-11-8-9(14)7-10(15)12(11)16-13(17)18/h7-8H,2-6H2,1H3,(H,16,18). The molecule has 1 aromatic carbocycles. The quantitative estimate of drug-likeness (QED) is 0.624. The molecule has 0 aliphatic rings. The van der Waals surface area contributed by atoms with Crippen LogP contribution in [0.25, 0.3) is 11.0 Å². The van der Waals surface area contributed by atoms with Crippen molar-refractivity contribution in [2.75, 3.05) is 0 Å². The van der Waals surface area contributed by atoms with E-state index < -0.39 is 11.6 Å². The highest BCUT2D eigenvalue weighted by molar-refractivity contribution is 7.71. The number of aromatic nitrogens is 2. The number of hydrogen-bond acceptors (Lipinski definition) is 1. The van der Waals surface area contributed by atoms with Gasteiger partial charge in [-0.05, 0) is 24.7 Å². The maximum absolute atomic E-state index is 13.6. The highest BCUT2D eigenvalue weighted by atomic mass is 32.1. The van der Waals surface area contributed by atoms with Gasteiger partial charge in [0, 0.05) is 12.6 Å². The Morgan fingerprint density at radius 1 is 1.22 bits per heavy atom. The Bertz CT molecular complexity index is 601. The third kappa shape index (κ3) is 2.61. The van der Waals surface area contributed by atoms with Gasteiger partial charge in [0.1, 0.15) is 11.3 Å². The lowest BCUT2D eigenvalue weighted by atomic mass is 10.2. The summed E-state index contributed by atoms with van der Waals surface area (Å²) in [7, 11) is 0. The summed E-state index contributed by atoms with van der Waals surface area (Å²) in [4.78, 5) is 2.80. The van der Waals surface area contributed by atoms with Gasteiger partial charge in [0.25, 0.3) is 0 Å². The largest absolute Gasteiger partial charge is 0.328 e. The SMILES string of the molecule is CCCCCCn1c(=S)[nH]c2c(F)cc(F)cc21. The summed E-state index contributed by atoms with van der Waals surface area (Å²) < 4.78 is 29.0. The second-order valence-corrected chi connectivity index (χ2v) is 4.81. The number of nitrogens with one attached hydrogen (secondary N) is 1. The lowest BCUT2D eigenvalue weighted by Crippen LogP contribution is -1.98. The van der Waals surface area contributed by atoms with Crippen LogP contribution in [0.2, 0.25) is 0 Å². The van der Waals surface area contributed by atoms with Crippen molar-refractivity contribution in [1.82, 2.24) is 9.55 Å². The summed E-state index contributed by atoms with van der Waals surface area (Å²) in [5.74, 6) is -1.17. The van der Waals surface area contributed by atoms with Gasteiger partial charge in [-0.3, -0.25) is 0 Å². The Hall–Kier alpha value is -1.23. The van der Waals surface area contributed by atoms with Crippen LogP contribution in [0.15, 0.2) is 12.1 Å². The maximum atomic E-state index is 13.6. The third-order valence-corrected chi connectivity index (χ3v) is 3.36. The van der Waals surface area contributed by atoms with Crippen LogP contribution >= 0.6 is 12.2 Å². The molecular formula is C13H16F2N2S. The van der Waals surface area contributed by atoms with Gasteiger partial charge in [-0.25, -0.2) is 8.78 Å². The molecule has 2 aromatic rings. The summed E-state index contributed by atoms with van der Waals surface area (Å²) in [6.07, 6.45) is 4.39. The molecular weight excluding hydrogens is 254 g/mol. The molecule has 2 nitrogen and oxygen atoms in total. The van der Waals surface area contributed by atoms with E-state index in [-0.39, 0.29) is 5.52 Å². The average molecular weight is 270 g/mol. The molecule has 0 bridgehead atoms. The number of aryl methyl sites for hydroxylation is 1. The molecule has 0 radical (unpaired) electrons. The van der Waals surface area contributed by atoms with Crippen molar-refractivity contribution < 1.29 is 8.78 Å². The fourth-order valence-electron chi connectivity index (χ4n) is 2.10. The zero-order valence-corrected chi connectivity index (χ0v) is 11.1. The molecule has 0 spiro atoms. The second-order valence-electron chi connectivity index (χ2n) is 4.42. The zero-order valence-electron chi connectivity index (χ0n) is 10.3. The first-order valence-corrected chi connectivity index (χ1v) is 6.62. The van der Waals surface area contributed by atoms with Crippen LogP contribution in [0.5, 0.6) is 0 Å². The maximum Gasteiger partial charge on any atom is 0.178 e. The topological polar surface area (TPSA) is 20.7 Å². The van der Waals surface area contributed by atoms with Crippen molar-refractivity contribution in [3.05, 3.63) is 28.5 Å². The molecule has 5 heteroatoms. The van der Waals surface area contributed by atoms with Crippen LogP contribution in [0.1, 0.15) is 32.6 Å². The number of imidazole rings is 1. The molecule has 0 fully saturated rings. The van der Waals surface area contributed by atoms with Crippen LogP contribution in [-0.4, -0.2) is 9.55 Å². The summed E-state index contributed by atoms with van der Waals surface area (Å²) >= 11 is 5.15. The van der Waals surface area contributed by atoms with Crippen LogP contribution in [0, 0.1) is 16.4 Å². The van der Waals surface area contributed by atoms with Crippen LogP contribution in [0.3, 0.4) is 0 Å². The van der Waals surface area contributed by atoms with Gasteiger partial charge in [-0.1, -0.05) is 26.2 Å². The van der Waals surface area contributed by atoms with E-state index in [1.807, 2.05) is 0 Å². The van der Waals surface area contributed by atoms with Crippen molar-refractivity contribution in [2.45, 2.75) is 39.2 Å². The van der Waals surface area contributed by atoms with E-state index in [0.717, 1.165) is 25.3 Å². The van der Waals surface area contributed by atoms with Gasteiger partial charge in [0.05, 0.1) is 5.52 Å². The molecule has 0 amide bonds. The van der Waals surface area contributed by atoms with Crippen LogP contribution in [-0.2, 0) is 6.54 Å². The molecule has 1 N–H and O–H groups in total. The molecule has 2 rings (SSSR count). The molecule has 0 saturated carbocycles. The predicted molar refractivity (Wildman–Crippen MR) is 71.2 cm³/mol. The van der Waals surface area contributed by atoms with Gasteiger partial charge >= 0.3 is 0 Å². The minimum atomic E-state index is -0.594. The molecule has 0 atom stereocenters. The van der Waals surface area contributed by atoms with E-state index in [0.29, 0.717) is 16.8 Å². The number of hydrogen-bond donors (Lipinski definition) is 1. The minimum absolute atomic E-state index is 0.289. The first-order valence-electron chi connectivity index (χ1n) is 6.21. The summed E-state index contributed by atoms with van der Waals surface area (Å²) in [6.45, 7) is 2.84. The van der Waals surface area contributed by atoms with E-state index in [1.165, 1.54) is 12.5 Å². The normalized spacial score (nSPS) is 11.3. The van der Waals surface area contributed by atoms with Crippen molar-refractivity contribution in [2.24, 2.45) is 0 Å². The van der Waals surface area contributed by atoms with E-state index in [9.17, 15) is 8.78 Å². The summed E-state index contributed by atoms with van der Waals surface area (Å²) in [5.41, 5.74) is 0.797. The van der Waals surface area contributed by atoms with Crippen molar-refractivity contribution in [3.63, 3.8) is 0 Å². The third-order valence-electron chi connectivity index (χ3n) is 3.04. The van der Waals surface area contributed by atoms with E-state index in [4.69, 9.17) is 12.2 Å². The number of benzene rings is 1. The van der Waals surface area contributed by atoms with Gasteiger partial charge in [0.15, 0.2) is 10.6 Å². The van der Waals surface area contributed by atoms with E-state index >= 15 is 0 Å². The van der Waals surface area contributed by atoms with Gasteiger partial charge in [0.2, 0.25) is 0 Å². The van der Waals surface area contributed by atoms with Crippen molar-refractivity contribution in [1.29, 1.82) is 0 Å². The van der Waals surface area contributed by atoms with Crippen molar-refractivity contribution >= 4 is 23.3 Å². The van der Waals surface area contributed by atoms with Crippen LogP contribution in [0.4, 0.5) is 8.78 Å². The Labute approximate surface area is 110 Å². The van der Waals surface area contributed by atoms with Gasteiger partial charge in [-0.15, -0.1) is 0 Å². The molecule has 18 heavy (non-hydrogen) atoms. The Balaban J connectivity index is 2.32. The summed E-state index contributed by atoms with van der Waals surface area (Å²) in [5, 5.41) is 0. The molecule has 0 saturated heterocycles. The van der Waals surface area contributed by atoms with Crippen LogP contribution < -0.4 is 0 Å². The summed E-state index contributed by atoms with van der Waals surface area (Å²) in [6, 6.07) is 2.19. The number of aromatic amines is 1. The predicted octanol–water partition coefficient (Wildman–Crippen LogP) is 4.56. The monoisotopic (exact) mass is 270 g/mol. The minimum Gasteiger partial charge on any atom is -0.328 e. The molecule has 0 aliphatic carbocycles.